The Hall–Kier alpha value is -0.710. The van der Waals surface area contributed by atoms with Crippen molar-refractivity contribution in [3.05, 3.63) is 12.2 Å². The minimum Gasteiger partial charge on any atom is -0.396 e. The topological polar surface area (TPSA) is 55.8 Å². The third kappa shape index (κ3) is 2.05. The van der Waals surface area contributed by atoms with Gasteiger partial charge in [-0.1, -0.05) is 13.8 Å². The molecule has 3 atom stereocenters. The molecule has 0 unspecified atom stereocenters. The van der Waals surface area contributed by atoms with Gasteiger partial charge in [-0.25, -0.2) is 9.78 Å². The molecule has 2 rings (SSSR count). The number of carbonyl (C=O) groups is 1. The molecule has 1 fully saturated rings. The zero-order chi connectivity index (χ0) is 12.7. The molecule has 1 aliphatic carbocycles. The molecule has 0 aromatic carbocycles. The van der Waals surface area contributed by atoms with Crippen molar-refractivity contribution >= 4 is 5.78 Å². The van der Waals surface area contributed by atoms with E-state index in [9.17, 15) is 4.79 Å². The highest BCUT2D eigenvalue weighted by Gasteiger charge is 2.53. The zero-order valence-electron chi connectivity index (χ0n) is 10.6. The third-order valence-electron chi connectivity index (χ3n) is 4.08. The molecule has 1 heterocycles. The summed E-state index contributed by atoms with van der Waals surface area (Å²) >= 11 is 0. The number of aliphatic hydroxyl groups excluding tert-OH is 1. The quantitative estimate of drug-likeness (QED) is 0.745. The van der Waals surface area contributed by atoms with Crippen molar-refractivity contribution in [1.82, 2.24) is 0 Å². The number of fused-ring (bicyclic) bond motifs is 1. The average Bonchev–Trinajstić information content (AvgIpc) is 2.27. The Morgan fingerprint density at radius 1 is 1.47 bits per heavy atom. The summed E-state index contributed by atoms with van der Waals surface area (Å²) in [5.41, 5.74) is -0.982. The van der Waals surface area contributed by atoms with Crippen LogP contribution in [0.5, 0.6) is 0 Å². The van der Waals surface area contributed by atoms with E-state index in [2.05, 4.69) is 0 Å². The maximum Gasteiger partial charge on any atom is 0.161 e. The lowest BCUT2D eigenvalue weighted by molar-refractivity contribution is -0.414. The molecule has 0 radical (unpaired) electrons. The van der Waals surface area contributed by atoms with Gasteiger partial charge in [0.2, 0.25) is 0 Å². The predicted octanol–water partition coefficient (Wildman–Crippen LogP) is 1.63. The lowest BCUT2D eigenvalue weighted by Gasteiger charge is -2.49. The lowest BCUT2D eigenvalue weighted by Crippen LogP contribution is -2.54. The van der Waals surface area contributed by atoms with Crippen LogP contribution in [0.15, 0.2) is 12.2 Å². The van der Waals surface area contributed by atoms with Crippen molar-refractivity contribution in [3.63, 3.8) is 0 Å². The minimum atomic E-state index is -0.538. The number of carbonyl (C=O) groups excluding carboxylic acids is 1. The van der Waals surface area contributed by atoms with E-state index < -0.39 is 11.0 Å². The number of allylic oxidation sites excluding steroid dienone is 1. The standard InChI is InChI=1S/C13H20O4/c1-12(2)10-8-9(5-7-14)16-17-13(10,3)6-4-11(12)15/h4,6,9-10,14H,5,7-8H2,1-3H3/t9-,10-,13-/m1/s1. The summed E-state index contributed by atoms with van der Waals surface area (Å²) in [5, 5.41) is 8.94. The fourth-order valence-corrected chi connectivity index (χ4v) is 2.86. The van der Waals surface area contributed by atoms with Gasteiger partial charge in [0, 0.05) is 17.9 Å². The third-order valence-corrected chi connectivity index (χ3v) is 4.08. The minimum absolute atomic E-state index is 0.0711. The molecule has 96 valence electrons. The highest BCUT2D eigenvalue weighted by Crippen LogP contribution is 2.48. The van der Waals surface area contributed by atoms with Crippen LogP contribution < -0.4 is 0 Å². The van der Waals surface area contributed by atoms with Crippen molar-refractivity contribution in [2.75, 3.05) is 6.61 Å². The maximum absolute atomic E-state index is 11.9. The van der Waals surface area contributed by atoms with E-state index in [4.69, 9.17) is 14.9 Å². The van der Waals surface area contributed by atoms with Crippen LogP contribution in [-0.4, -0.2) is 29.2 Å². The summed E-state index contributed by atoms with van der Waals surface area (Å²) in [7, 11) is 0. The molecule has 0 aromatic rings. The zero-order valence-corrected chi connectivity index (χ0v) is 10.6. The molecule has 0 aromatic heterocycles. The van der Waals surface area contributed by atoms with Crippen LogP contribution in [0.25, 0.3) is 0 Å². The van der Waals surface area contributed by atoms with Gasteiger partial charge in [-0.15, -0.1) is 0 Å². The van der Waals surface area contributed by atoms with Crippen LogP contribution in [0.1, 0.15) is 33.6 Å². The normalized spacial score (nSPS) is 40.1. The molecule has 0 spiro atoms. The number of hydrogen-bond donors (Lipinski definition) is 1. The van der Waals surface area contributed by atoms with Gasteiger partial charge >= 0.3 is 0 Å². The van der Waals surface area contributed by atoms with Crippen molar-refractivity contribution in [2.45, 2.75) is 45.3 Å². The Morgan fingerprint density at radius 2 is 2.18 bits per heavy atom. The van der Waals surface area contributed by atoms with Gasteiger partial charge < -0.3 is 5.11 Å². The first-order valence-corrected chi connectivity index (χ1v) is 6.09. The summed E-state index contributed by atoms with van der Waals surface area (Å²) in [6.07, 6.45) is 4.53. The molecule has 1 saturated heterocycles. The lowest BCUT2D eigenvalue weighted by atomic mass is 9.62. The number of ketones is 1. The molecule has 0 saturated carbocycles. The van der Waals surface area contributed by atoms with Gasteiger partial charge in [0.1, 0.15) is 5.60 Å². The molecule has 0 amide bonds. The van der Waals surface area contributed by atoms with E-state index in [0.717, 1.165) is 6.42 Å². The Labute approximate surface area is 102 Å². The van der Waals surface area contributed by atoms with Gasteiger partial charge in [0.25, 0.3) is 0 Å². The highest BCUT2D eigenvalue weighted by molar-refractivity contribution is 5.95. The van der Waals surface area contributed by atoms with Crippen molar-refractivity contribution < 1.29 is 19.7 Å². The van der Waals surface area contributed by atoms with Gasteiger partial charge in [-0.2, -0.15) is 0 Å². The van der Waals surface area contributed by atoms with Crippen LogP contribution in [0.2, 0.25) is 0 Å². The van der Waals surface area contributed by atoms with Crippen molar-refractivity contribution in [3.8, 4) is 0 Å². The first-order chi connectivity index (χ1) is 7.90. The van der Waals surface area contributed by atoms with E-state index in [0.29, 0.717) is 6.42 Å². The van der Waals surface area contributed by atoms with Crippen LogP contribution in [0.3, 0.4) is 0 Å². The second-order valence-electron chi connectivity index (χ2n) is 5.71. The molecule has 0 bridgehead atoms. The molecule has 4 nitrogen and oxygen atoms in total. The van der Waals surface area contributed by atoms with Crippen LogP contribution in [-0.2, 0) is 14.6 Å². The van der Waals surface area contributed by atoms with Gasteiger partial charge in [0.15, 0.2) is 5.78 Å². The smallest absolute Gasteiger partial charge is 0.161 e. The largest absolute Gasteiger partial charge is 0.396 e. The first kappa shape index (κ1) is 12.7. The van der Waals surface area contributed by atoms with E-state index in [1.165, 1.54) is 0 Å². The molecule has 1 aliphatic heterocycles. The summed E-state index contributed by atoms with van der Waals surface area (Å²) < 4.78 is 0. The van der Waals surface area contributed by atoms with Gasteiger partial charge in [-0.3, -0.25) is 4.79 Å². The number of hydrogen-bond acceptors (Lipinski definition) is 4. The molecule has 4 heteroatoms. The fourth-order valence-electron chi connectivity index (χ4n) is 2.86. The summed E-state index contributed by atoms with van der Waals surface area (Å²) in [4.78, 5) is 22.7. The van der Waals surface area contributed by atoms with Crippen LogP contribution >= 0.6 is 0 Å². The molecule has 17 heavy (non-hydrogen) atoms. The van der Waals surface area contributed by atoms with Crippen molar-refractivity contribution in [2.24, 2.45) is 11.3 Å². The Bertz CT molecular complexity index is 347. The number of rotatable bonds is 2. The van der Waals surface area contributed by atoms with E-state index in [1.807, 2.05) is 20.8 Å². The average molecular weight is 240 g/mol. The molecular formula is C13H20O4. The Morgan fingerprint density at radius 3 is 2.82 bits per heavy atom. The van der Waals surface area contributed by atoms with Crippen molar-refractivity contribution in [1.29, 1.82) is 0 Å². The second-order valence-corrected chi connectivity index (χ2v) is 5.71. The highest BCUT2D eigenvalue weighted by atomic mass is 17.2. The second kappa shape index (κ2) is 4.19. The first-order valence-electron chi connectivity index (χ1n) is 6.09. The van der Waals surface area contributed by atoms with Crippen LogP contribution in [0.4, 0.5) is 0 Å². The SMILES string of the molecule is CC1(C)C(=O)C=C[C@@]2(C)OO[C@H](CCO)C[C@H]12. The van der Waals surface area contributed by atoms with E-state index >= 15 is 0 Å². The summed E-state index contributed by atoms with van der Waals surface area (Å²) in [6, 6.07) is 0. The fraction of sp³-hybridized carbons (Fsp3) is 0.769. The monoisotopic (exact) mass is 240 g/mol. The summed E-state index contributed by atoms with van der Waals surface area (Å²) in [5.74, 6) is 0.214. The maximum atomic E-state index is 11.9. The molecule has 1 N–H and O–H groups in total. The van der Waals surface area contributed by atoms with Gasteiger partial charge in [0.05, 0.1) is 6.10 Å². The molecule has 2 aliphatic rings. The van der Waals surface area contributed by atoms with E-state index in [1.54, 1.807) is 12.2 Å². The number of aliphatic hydroxyl groups is 1. The van der Waals surface area contributed by atoms with Gasteiger partial charge in [-0.05, 0) is 31.9 Å². The Kier molecular flexibility index (Phi) is 3.14. The predicted molar refractivity (Wildman–Crippen MR) is 62.1 cm³/mol. The molecular weight excluding hydrogens is 220 g/mol. The van der Waals surface area contributed by atoms with E-state index in [-0.39, 0.29) is 24.4 Å². The Balaban J connectivity index is 2.26. The summed E-state index contributed by atoms with van der Waals surface area (Å²) in [6.45, 7) is 5.91. The van der Waals surface area contributed by atoms with Crippen LogP contribution in [0, 0.1) is 11.3 Å².